The van der Waals surface area contributed by atoms with Crippen LogP contribution in [0.4, 0.5) is 0 Å². The van der Waals surface area contributed by atoms with Gasteiger partial charge in [-0.1, -0.05) is 0 Å². The number of carboxylic acid groups (broad SMARTS) is 1. The molecule has 0 saturated heterocycles. The highest BCUT2D eigenvalue weighted by Gasteiger charge is 2.21. The summed E-state index contributed by atoms with van der Waals surface area (Å²) in [6, 6.07) is 10.2. The summed E-state index contributed by atoms with van der Waals surface area (Å²) in [7, 11) is 0. The second-order valence-corrected chi connectivity index (χ2v) is 5.59. The van der Waals surface area contributed by atoms with E-state index in [-0.39, 0.29) is 18.5 Å². The number of hydrogen-bond donors (Lipinski definition) is 1. The number of benzene rings is 1. The highest BCUT2D eigenvalue weighted by atomic mass is 16.5. The predicted molar refractivity (Wildman–Crippen MR) is 88.8 cm³/mol. The van der Waals surface area contributed by atoms with Crippen LogP contribution in [0.3, 0.4) is 0 Å². The minimum Gasteiger partial charge on any atom is -0.489 e. The Morgan fingerprint density at radius 2 is 1.75 bits per heavy atom. The average Bonchev–Trinajstić information content (AvgIpc) is 2.58. The lowest BCUT2D eigenvalue weighted by atomic mass is 10.1. The third kappa shape index (κ3) is 4.81. The van der Waals surface area contributed by atoms with Gasteiger partial charge in [0.25, 0.3) is 5.91 Å². The minimum atomic E-state index is -1.03. The molecule has 1 amide bonds. The Labute approximate surface area is 140 Å². The first-order valence-electron chi connectivity index (χ1n) is 7.62. The van der Waals surface area contributed by atoms with Crippen LogP contribution in [0.2, 0.25) is 0 Å². The summed E-state index contributed by atoms with van der Waals surface area (Å²) in [5, 5.41) is 8.93. The van der Waals surface area contributed by atoms with Crippen molar-refractivity contribution in [2.75, 3.05) is 6.54 Å². The summed E-state index contributed by atoms with van der Waals surface area (Å²) in [5.41, 5.74) is 1.43. The summed E-state index contributed by atoms with van der Waals surface area (Å²) < 4.78 is 5.65. The molecule has 24 heavy (non-hydrogen) atoms. The zero-order chi connectivity index (χ0) is 17.5. The molecule has 0 saturated carbocycles. The zero-order valence-corrected chi connectivity index (χ0v) is 13.7. The number of pyridine rings is 1. The lowest BCUT2D eigenvalue weighted by Crippen LogP contribution is -2.40. The summed E-state index contributed by atoms with van der Waals surface area (Å²) in [5.74, 6) is -0.708. The molecular weight excluding hydrogens is 308 g/mol. The average molecular weight is 328 g/mol. The van der Waals surface area contributed by atoms with Gasteiger partial charge < -0.3 is 14.7 Å². The fraction of sp³-hybridized carbons (Fsp3) is 0.278. The molecule has 0 aliphatic carbocycles. The normalized spacial score (nSPS) is 10.5. The van der Waals surface area contributed by atoms with Crippen LogP contribution in [-0.4, -0.2) is 39.5 Å². The molecule has 126 valence electrons. The van der Waals surface area contributed by atoms with Gasteiger partial charge in [0, 0.05) is 24.0 Å². The molecule has 0 unspecified atom stereocenters. The molecule has 6 nitrogen and oxygen atoms in total. The third-order valence-electron chi connectivity index (χ3n) is 3.45. The monoisotopic (exact) mass is 328 g/mol. The number of rotatable bonds is 7. The van der Waals surface area contributed by atoms with Gasteiger partial charge in [-0.05, 0) is 55.8 Å². The Balaban J connectivity index is 2.02. The van der Waals surface area contributed by atoms with E-state index in [4.69, 9.17) is 9.84 Å². The van der Waals surface area contributed by atoms with Gasteiger partial charge in [-0.15, -0.1) is 0 Å². The summed E-state index contributed by atoms with van der Waals surface area (Å²) in [6.07, 6.45) is 3.40. The van der Waals surface area contributed by atoms with Crippen molar-refractivity contribution in [1.82, 2.24) is 9.88 Å². The van der Waals surface area contributed by atoms with Crippen LogP contribution in [0.1, 0.15) is 29.8 Å². The molecule has 0 fully saturated rings. The van der Waals surface area contributed by atoms with Gasteiger partial charge in [-0.3, -0.25) is 14.6 Å². The molecule has 1 heterocycles. The molecule has 6 heteroatoms. The molecule has 2 aromatic rings. The van der Waals surface area contributed by atoms with E-state index in [0.717, 1.165) is 5.56 Å². The van der Waals surface area contributed by atoms with Gasteiger partial charge in [0.15, 0.2) is 0 Å². The van der Waals surface area contributed by atoms with Crippen molar-refractivity contribution in [2.24, 2.45) is 0 Å². The standard InChI is InChI=1S/C18H20N2O4/c1-13(2)20(11-17(21)22)18(23)15-3-5-16(6-4-15)24-12-14-7-9-19-10-8-14/h3-10,13H,11-12H2,1-2H3,(H,21,22). The number of aromatic nitrogens is 1. The molecule has 0 aliphatic heterocycles. The maximum absolute atomic E-state index is 12.4. The third-order valence-corrected chi connectivity index (χ3v) is 3.45. The van der Waals surface area contributed by atoms with Crippen LogP contribution in [0, 0.1) is 0 Å². The SMILES string of the molecule is CC(C)N(CC(=O)O)C(=O)c1ccc(OCc2ccncc2)cc1. The van der Waals surface area contributed by atoms with Gasteiger partial charge in [-0.25, -0.2) is 0 Å². The molecule has 0 atom stereocenters. The summed E-state index contributed by atoms with van der Waals surface area (Å²) in [6.45, 7) is 3.66. The Bertz CT molecular complexity index is 684. The van der Waals surface area contributed by atoms with E-state index in [1.165, 1.54) is 4.90 Å². The van der Waals surface area contributed by atoms with Crippen LogP contribution in [-0.2, 0) is 11.4 Å². The van der Waals surface area contributed by atoms with Gasteiger partial charge >= 0.3 is 5.97 Å². The Kier molecular flexibility index (Phi) is 5.89. The molecule has 2 rings (SSSR count). The van der Waals surface area contributed by atoms with Crippen LogP contribution in [0.25, 0.3) is 0 Å². The van der Waals surface area contributed by atoms with Gasteiger partial charge in [0.2, 0.25) is 0 Å². The van der Waals surface area contributed by atoms with Crippen molar-refractivity contribution in [3.8, 4) is 5.75 Å². The van der Waals surface area contributed by atoms with E-state index in [9.17, 15) is 9.59 Å². The topological polar surface area (TPSA) is 79.7 Å². The number of carboxylic acids is 1. The smallest absolute Gasteiger partial charge is 0.323 e. The van der Waals surface area contributed by atoms with E-state index in [0.29, 0.717) is 17.9 Å². The number of nitrogens with zero attached hydrogens (tertiary/aromatic N) is 2. The first kappa shape index (κ1) is 17.5. The lowest BCUT2D eigenvalue weighted by Gasteiger charge is -2.25. The number of aliphatic carboxylic acids is 1. The van der Waals surface area contributed by atoms with Crippen molar-refractivity contribution in [2.45, 2.75) is 26.5 Å². The molecule has 1 aromatic carbocycles. The second-order valence-electron chi connectivity index (χ2n) is 5.59. The highest BCUT2D eigenvalue weighted by molar-refractivity contribution is 5.96. The first-order chi connectivity index (χ1) is 11.5. The Hall–Kier alpha value is -2.89. The maximum atomic E-state index is 12.4. The van der Waals surface area contributed by atoms with E-state index in [1.54, 1.807) is 50.5 Å². The first-order valence-corrected chi connectivity index (χ1v) is 7.62. The minimum absolute atomic E-state index is 0.198. The summed E-state index contributed by atoms with van der Waals surface area (Å²) in [4.78, 5) is 28.6. The number of hydrogen-bond acceptors (Lipinski definition) is 4. The van der Waals surface area contributed by atoms with Crippen molar-refractivity contribution in [3.05, 3.63) is 59.9 Å². The van der Waals surface area contributed by atoms with Crippen molar-refractivity contribution in [3.63, 3.8) is 0 Å². The van der Waals surface area contributed by atoms with Crippen molar-refractivity contribution < 1.29 is 19.4 Å². The van der Waals surface area contributed by atoms with Gasteiger partial charge in [0.1, 0.15) is 18.9 Å². The molecule has 1 aromatic heterocycles. The fourth-order valence-corrected chi connectivity index (χ4v) is 2.14. The molecule has 0 spiro atoms. The number of carbonyl (C=O) groups is 2. The van der Waals surface area contributed by atoms with E-state index >= 15 is 0 Å². The number of carbonyl (C=O) groups excluding carboxylic acids is 1. The van der Waals surface area contributed by atoms with Gasteiger partial charge in [-0.2, -0.15) is 0 Å². The molecule has 0 aliphatic rings. The number of ether oxygens (including phenoxy) is 1. The highest BCUT2D eigenvalue weighted by Crippen LogP contribution is 2.16. The molecule has 0 radical (unpaired) electrons. The molecular formula is C18H20N2O4. The molecule has 0 bridgehead atoms. The lowest BCUT2D eigenvalue weighted by molar-refractivity contribution is -0.138. The van der Waals surface area contributed by atoms with Crippen LogP contribution >= 0.6 is 0 Å². The summed E-state index contributed by atoms with van der Waals surface area (Å²) >= 11 is 0. The fourth-order valence-electron chi connectivity index (χ4n) is 2.14. The zero-order valence-electron chi connectivity index (χ0n) is 13.7. The van der Waals surface area contributed by atoms with E-state index in [1.807, 2.05) is 12.1 Å². The quantitative estimate of drug-likeness (QED) is 0.845. The predicted octanol–water partition coefficient (Wildman–Crippen LogP) is 2.60. The van der Waals surface area contributed by atoms with E-state index < -0.39 is 5.97 Å². The Morgan fingerprint density at radius 3 is 2.29 bits per heavy atom. The number of amides is 1. The molecule has 1 N–H and O–H groups in total. The van der Waals surface area contributed by atoms with Gasteiger partial charge in [0.05, 0.1) is 0 Å². The maximum Gasteiger partial charge on any atom is 0.323 e. The van der Waals surface area contributed by atoms with Crippen LogP contribution < -0.4 is 4.74 Å². The van der Waals surface area contributed by atoms with Crippen molar-refractivity contribution >= 4 is 11.9 Å². The van der Waals surface area contributed by atoms with Crippen LogP contribution in [0.15, 0.2) is 48.8 Å². The van der Waals surface area contributed by atoms with E-state index in [2.05, 4.69) is 4.98 Å². The van der Waals surface area contributed by atoms with Crippen molar-refractivity contribution in [1.29, 1.82) is 0 Å². The second kappa shape index (κ2) is 8.10. The Morgan fingerprint density at radius 1 is 1.12 bits per heavy atom. The largest absolute Gasteiger partial charge is 0.489 e. The van der Waals surface area contributed by atoms with Crippen LogP contribution in [0.5, 0.6) is 5.75 Å².